The standard InChI is InChI=1S/C25H21N5O8S2/c1-11(31)38-8-13-10-40-24-18(23(35)30(24)19(13)25(36)37)29-22(34)16(12-4-6-39-9-12)28-21(33)14-7-27-15-3-2-5-26-17(15)20(14)32/h2-7,9,16,18,24H,8,10H2,1H3,(H,27,32)(H,28,33)(H,29,34)(H,36,37)/t16?,18-,24-/m1/s1. The molecule has 1 saturated heterocycles. The molecule has 4 N–H and O–H groups in total. The Labute approximate surface area is 233 Å². The Kier molecular flexibility index (Phi) is 7.40. The summed E-state index contributed by atoms with van der Waals surface area (Å²) in [5, 5.41) is 17.5. The van der Waals surface area contributed by atoms with E-state index in [-0.39, 0.29) is 34.7 Å². The van der Waals surface area contributed by atoms with E-state index in [1.165, 1.54) is 42.4 Å². The van der Waals surface area contributed by atoms with Gasteiger partial charge >= 0.3 is 11.9 Å². The second-order valence-electron chi connectivity index (χ2n) is 8.83. The van der Waals surface area contributed by atoms with Gasteiger partial charge in [0.05, 0.1) is 5.52 Å². The molecule has 2 aliphatic rings. The molecule has 1 unspecified atom stereocenters. The van der Waals surface area contributed by atoms with E-state index in [4.69, 9.17) is 4.74 Å². The molecule has 206 valence electrons. The van der Waals surface area contributed by atoms with Crippen molar-refractivity contribution in [3.05, 3.63) is 74.0 Å². The lowest BCUT2D eigenvalue weighted by Gasteiger charge is -2.49. The van der Waals surface area contributed by atoms with Crippen molar-refractivity contribution in [2.75, 3.05) is 12.4 Å². The zero-order valence-electron chi connectivity index (χ0n) is 20.7. The first-order valence-electron chi connectivity index (χ1n) is 11.8. The lowest BCUT2D eigenvalue weighted by molar-refractivity contribution is -0.151. The minimum absolute atomic E-state index is 0.0662. The number of hydrogen-bond acceptors (Lipinski definition) is 10. The number of nitrogens with one attached hydrogen (secondary N) is 3. The Bertz CT molecular complexity index is 1630. The van der Waals surface area contributed by atoms with E-state index in [1.807, 2.05) is 0 Å². The van der Waals surface area contributed by atoms with Crippen LogP contribution in [-0.4, -0.2) is 73.4 Å². The van der Waals surface area contributed by atoms with Crippen molar-refractivity contribution in [2.45, 2.75) is 24.4 Å². The molecule has 13 nitrogen and oxygen atoms in total. The highest BCUT2D eigenvalue weighted by Gasteiger charge is 2.54. The van der Waals surface area contributed by atoms with E-state index in [1.54, 1.807) is 29.0 Å². The molecule has 1 fully saturated rings. The summed E-state index contributed by atoms with van der Waals surface area (Å²) in [6, 6.07) is 2.59. The first-order valence-corrected chi connectivity index (χ1v) is 13.8. The molecule has 3 amide bonds. The highest BCUT2D eigenvalue weighted by molar-refractivity contribution is 8.00. The Hall–Kier alpha value is -4.50. The molecular weight excluding hydrogens is 562 g/mol. The molecule has 3 aromatic rings. The number of aromatic nitrogens is 2. The summed E-state index contributed by atoms with van der Waals surface area (Å²) in [6.07, 6.45) is 2.66. The summed E-state index contributed by atoms with van der Waals surface area (Å²) in [5.74, 6) is -3.97. The smallest absolute Gasteiger partial charge is 0.352 e. The van der Waals surface area contributed by atoms with Crippen LogP contribution in [0.4, 0.5) is 0 Å². The normalized spacial score (nSPS) is 18.9. The van der Waals surface area contributed by atoms with E-state index in [9.17, 15) is 33.9 Å². The Balaban J connectivity index is 1.35. The van der Waals surface area contributed by atoms with E-state index < -0.39 is 52.5 Å². The van der Waals surface area contributed by atoms with Gasteiger partial charge in [0.15, 0.2) is 0 Å². The van der Waals surface area contributed by atoms with Gasteiger partial charge in [0, 0.05) is 30.6 Å². The number of thiophene rings is 1. The number of pyridine rings is 2. The van der Waals surface area contributed by atoms with E-state index >= 15 is 0 Å². The Morgan fingerprint density at radius 2 is 2.08 bits per heavy atom. The maximum Gasteiger partial charge on any atom is 0.352 e. The number of nitrogens with zero attached hydrogens (tertiary/aromatic N) is 2. The zero-order valence-corrected chi connectivity index (χ0v) is 22.3. The van der Waals surface area contributed by atoms with Crippen molar-refractivity contribution in [3.8, 4) is 0 Å². The average molecular weight is 584 g/mol. The molecular formula is C25H21N5O8S2. The number of carbonyl (C=O) groups is 5. The number of carboxylic acids is 1. The van der Waals surface area contributed by atoms with E-state index in [0.717, 1.165) is 4.90 Å². The number of aromatic amines is 1. The highest BCUT2D eigenvalue weighted by Crippen LogP contribution is 2.40. The fourth-order valence-corrected chi connectivity index (χ4v) is 6.40. The van der Waals surface area contributed by atoms with Crippen LogP contribution >= 0.6 is 23.1 Å². The predicted molar refractivity (Wildman–Crippen MR) is 143 cm³/mol. The number of H-pyrrole nitrogens is 1. The average Bonchev–Trinajstić information content (AvgIpc) is 3.47. The van der Waals surface area contributed by atoms with Crippen molar-refractivity contribution in [3.63, 3.8) is 0 Å². The molecule has 0 saturated carbocycles. The van der Waals surface area contributed by atoms with E-state index in [0.29, 0.717) is 11.1 Å². The number of amides is 3. The van der Waals surface area contributed by atoms with Crippen LogP contribution in [0.2, 0.25) is 0 Å². The minimum atomic E-state index is -1.36. The molecule has 3 aromatic heterocycles. The molecule has 0 radical (unpaired) electrons. The largest absolute Gasteiger partial charge is 0.477 e. The van der Waals surface area contributed by atoms with Crippen molar-refractivity contribution in [1.29, 1.82) is 0 Å². The number of esters is 1. The van der Waals surface area contributed by atoms with Crippen molar-refractivity contribution >= 4 is 63.8 Å². The van der Waals surface area contributed by atoms with Gasteiger partial charge in [-0.25, -0.2) is 4.79 Å². The molecule has 5 rings (SSSR count). The van der Waals surface area contributed by atoms with Crippen LogP contribution in [-0.2, 0) is 23.9 Å². The van der Waals surface area contributed by atoms with Crippen LogP contribution < -0.4 is 16.1 Å². The third-order valence-corrected chi connectivity index (χ3v) is 8.34. The SMILES string of the molecule is CC(=O)OCC1=C(C(=O)O)N2C(=O)[C@@H](NC(=O)C(NC(=O)c3c[nH]c4cccnc4c3=O)c3ccsc3)[C@H]2SC1. The fraction of sp³-hybridized carbons (Fsp3) is 0.240. The second-order valence-corrected chi connectivity index (χ2v) is 10.7. The number of thioether (sulfide) groups is 1. The van der Waals surface area contributed by atoms with Crippen LogP contribution in [0.3, 0.4) is 0 Å². The second kappa shape index (κ2) is 10.9. The van der Waals surface area contributed by atoms with Crippen LogP contribution in [0.15, 0.2) is 57.4 Å². The molecule has 5 heterocycles. The van der Waals surface area contributed by atoms with Gasteiger partial charge < -0.3 is 25.5 Å². The number of aliphatic carboxylic acids is 1. The van der Waals surface area contributed by atoms with Crippen molar-refractivity contribution in [2.24, 2.45) is 0 Å². The predicted octanol–water partition coefficient (Wildman–Crippen LogP) is 0.757. The third-order valence-electron chi connectivity index (χ3n) is 6.30. The molecule has 0 aromatic carbocycles. The summed E-state index contributed by atoms with van der Waals surface area (Å²) in [5.41, 5.74) is 0.0622. The van der Waals surface area contributed by atoms with Gasteiger partial charge in [-0.2, -0.15) is 11.3 Å². The summed E-state index contributed by atoms with van der Waals surface area (Å²) < 4.78 is 4.93. The fourth-order valence-electron chi connectivity index (χ4n) is 4.38. The lowest BCUT2D eigenvalue weighted by Crippen LogP contribution is -2.71. The van der Waals surface area contributed by atoms with Gasteiger partial charge in [0.25, 0.3) is 11.8 Å². The Morgan fingerprint density at radius 3 is 2.77 bits per heavy atom. The number of carbonyl (C=O) groups excluding carboxylic acids is 4. The summed E-state index contributed by atoms with van der Waals surface area (Å²) in [6.45, 7) is 0.920. The maximum absolute atomic E-state index is 13.4. The molecule has 40 heavy (non-hydrogen) atoms. The molecule has 0 aliphatic carbocycles. The lowest BCUT2D eigenvalue weighted by atomic mass is 10.0. The summed E-state index contributed by atoms with van der Waals surface area (Å²) in [7, 11) is 0. The Morgan fingerprint density at radius 1 is 1.27 bits per heavy atom. The molecule has 0 spiro atoms. The van der Waals surface area contributed by atoms with Crippen LogP contribution in [0.25, 0.3) is 11.0 Å². The molecule has 3 atom stereocenters. The zero-order chi connectivity index (χ0) is 28.6. The van der Waals surface area contributed by atoms with E-state index in [2.05, 4.69) is 20.6 Å². The molecule has 2 aliphatic heterocycles. The number of hydrogen-bond donors (Lipinski definition) is 4. The minimum Gasteiger partial charge on any atom is -0.477 e. The highest BCUT2D eigenvalue weighted by atomic mass is 32.2. The van der Waals surface area contributed by atoms with Crippen LogP contribution in [0, 0.1) is 0 Å². The molecule has 15 heteroatoms. The van der Waals surface area contributed by atoms with Crippen LogP contribution in [0.5, 0.6) is 0 Å². The summed E-state index contributed by atoms with van der Waals surface area (Å²) >= 11 is 2.50. The summed E-state index contributed by atoms with van der Waals surface area (Å²) in [4.78, 5) is 83.4. The monoisotopic (exact) mass is 583 g/mol. The topological polar surface area (TPSA) is 188 Å². The third kappa shape index (κ3) is 4.96. The number of fused-ring (bicyclic) bond motifs is 2. The van der Waals surface area contributed by atoms with Gasteiger partial charge in [0.1, 0.15) is 40.8 Å². The number of β-lactam (4-membered cyclic amide) rings is 1. The van der Waals surface area contributed by atoms with Crippen molar-refractivity contribution < 1.29 is 33.8 Å². The maximum atomic E-state index is 13.4. The quantitative estimate of drug-likeness (QED) is 0.218. The van der Waals surface area contributed by atoms with Crippen molar-refractivity contribution in [1.82, 2.24) is 25.5 Å². The van der Waals surface area contributed by atoms with Gasteiger partial charge in [-0.05, 0) is 34.5 Å². The number of rotatable bonds is 8. The van der Waals surface area contributed by atoms with Gasteiger partial charge in [-0.1, -0.05) is 0 Å². The first-order chi connectivity index (χ1) is 19.2. The number of carboxylic acid groups (broad SMARTS) is 1. The number of ether oxygens (including phenoxy) is 1. The first kappa shape index (κ1) is 27.1. The van der Waals surface area contributed by atoms with Gasteiger partial charge in [-0.15, -0.1) is 11.8 Å². The van der Waals surface area contributed by atoms with Gasteiger partial charge in [0.2, 0.25) is 11.3 Å². The van der Waals surface area contributed by atoms with Gasteiger partial charge in [-0.3, -0.25) is 33.9 Å². The molecule has 0 bridgehead atoms. The van der Waals surface area contributed by atoms with Crippen LogP contribution in [0.1, 0.15) is 28.9 Å².